The van der Waals surface area contributed by atoms with Gasteiger partial charge < -0.3 is 14.4 Å². The Morgan fingerprint density at radius 1 is 0.943 bits per heavy atom. The average Bonchev–Trinajstić information content (AvgIpc) is 3.30. The van der Waals surface area contributed by atoms with Crippen molar-refractivity contribution in [2.75, 3.05) is 0 Å². The number of allylic oxidation sites excluding steroid dienone is 4. The van der Waals surface area contributed by atoms with Crippen molar-refractivity contribution in [2.45, 2.75) is 27.1 Å². The molecule has 35 heavy (non-hydrogen) atoms. The molecule has 0 fully saturated rings. The van der Waals surface area contributed by atoms with E-state index in [1.807, 2.05) is 36.5 Å². The second-order valence-electron chi connectivity index (χ2n) is 8.23. The van der Waals surface area contributed by atoms with E-state index in [1.165, 1.54) is 16.7 Å². The van der Waals surface area contributed by atoms with Crippen LogP contribution in [-0.2, 0) is 20.1 Å². The quantitative estimate of drug-likeness (QED) is 0.183. The monoisotopic (exact) mass is 640 g/mol. The summed E-state index contributed by atoms with van der Waals surface area (Å²) in [6, 6.07) is 17.7. The Morgan fingerprint density at radius 2 is 1.77 bits per heavy atom. The van der Waals surface area contributed by atoms with E-state index in [0.29, 0.717) is 16.7 Å². The Morgan fingerprint density at radius 3 is 2.54 bits per heavy atom. The summed E-state index contributed by atoms with van der Waals surface area (Å²) in [6.07, 6.45) is 10.6. The fourth-order valence-electron chi connectivity index (χ4n) is 3.78. The van der Waals surface area contributed by atoms with E-state index in [2.05, 4.69) is 60.6 Å². The molecule has 0 amide bonds. The van der Waals surface area contributed by atoms with E-state index >= 15 is 0 Å². The van der Waals surface area contributed by atoms with Crippen molar-refractivity contribution in [2.24, 2.45) is 0 Å². The number of rotatable bonds is 2. The number of hydrogen-bond donors (Lipinski definition) is 0. The van der Waals surface area contributed by atoms with Gasteiger partial charge in [0.25, 0.3) is 0 Å². The third-order valence-electron chi connectivity index (χ3n) is 5.61. The molecule has 0 saturated heterocycles. The second kappa shape index (κ2) is 10.9. The Bertz CT molecular complexity index is 1740. The number of furan rings is 1. The van der Waals surface area contributed by atoms with E-state index in [0.717, 1.165) is 29.1 Å². The zero-order chi connectivity index (χ0) is 27.7. The van der Waals surface area contributed by atoms with Crippen molar-refractivity contribution < 1.29 is 31.4 Å². The van der Waals surface area contributed by atoms with Crippen LogP contribution < -0.4 is 0 Å². The van der Waals surface area contributed by atoms with Gasteiger partial charge in [0.05, 0.1) is 8.32 Å². The molecule has 0 bridgehead atoms. The van der Waals surface area contributed by atoms with Crippen LogP contribution in [0, 0.1) is 26.3 Å². The Hall–Kier alpha value is -3.46. The molecule has 0 aliphatic heterocycles. The molecule has 0 saturated carbocycles. The first-order valence-electron chi connectivity index (χ1n) is 13.6. The molecule has 1 radical (unpaired) electrons. The zero-order valence-corrected chi connectivity index (χ0v) is 21.7. The molecule has 1 aliphatic carbocycles. The minimum atomic E-state index is -2.48. The molecule has 0 spiro atoms. The summed E-state index contributed by atoms with van der Waals surface area (Å²) in [5.74, 6) is 0. The van der Waals surface area contributed by atoms with Crippen molar-refractivity contribution >= 4 is 27.5 Å². The fraction of sp³-hybridized carbons (Fsp3) is 0.129. The van der Waals surface area contributed by atoms with E-state index < -0.39 is 6.85 Å². The second-order valence-corrected chi connectivity index (χ2v) is 8.23. The fourth-order valence-corrected chi connectivity index (χ4v) is 3.78. The van der Waals surface area contributed by atoms with E-state index in [9.17, 15) is 0 Å². The Labute approximate surface area is 227 Å². The molecule has 1 aliphatic rings. The molecule has 3 aromatic heterocycles. The largest absolute Gasteiger partial charge is 0.501 e. The van der Waals surface area contributed by atoms with Gasteiger partial charge >= 0.3 is 0 Å². The number of aromatic nitrogens is 2. The van der Waals surface area contributed by atoms with Gasteiger partial charge in [0.15, 0.2) is 0 Å². The van der Waals surface area contributed by atoms with Crippen molar-refractivity contribution in [3.8, 4) is 11.3 Å². The standard InChI is InChI=1S/C18H12NO.C13H14N.Ir/c1-12-9-10-16(19-11-12)15-7-4-6-14-13-5-2-3-8-17(13)20-18(14)15;1-10-3-6-12(7-4-10)13-8-5-11(2)9-14-13;/h2-6,8-11H,1H3;3,5-9H,4H2,1-2H3;/q2*-1;/i1D3,9D,10D;;. The Kier molecular flexibility index (Phi) is 5.84. The normalized spacial score (nSPS) is 15.1. The van der Waals surface area contributed by atoms with Crippen LogP contribution in [0.3, 0.4) is 0 Å². The van der Waals surface area contributed by atoms with Gasteiger partial charge in [0, 0.05) is 42.0 Å². The molecule has 3 nitrogen and oxygen atoms in total. The summed E-state index contributed by atoms with van der Waals surface area (Å²) in [5.41, 5.74) is 6.53. The van der Waals surface area contributed by atoms with Crippen LogP contribution in [0.4, 0.5) is 0 Å². The van der Waals surface area contributed by atoms with Gasteiger partial charge in [-0.15, -0.1) is 24.3 Å². The minimum Gasteiger partial charge on any atom is -0.501 e. The van der Waals surface area contributed by atoms with Crippen LogP contribution >= 0.6 is 0 Å². The third kappa shape index (κ3) is 5.45. The summed E-state index contributed by atoms with van der Waals surface area (Å²) < 4.78 is 44.5. The zero-order valence-electron chi connectivity index (χ0n) is 24.3. The van der Waals surface area contributed by atoms with Crippen molar-refractivity contribution in [1.29, 1.82) is 0 Å². The topological polar surface area (TPSA) is 38.9 Å². The summed E-state index contributed by atoms with van der Waals surface area (Å²) in [6.45, 7) is 1.72. The SMILES string of the molecule is CC1=CC=C(c2ccc(C)cn2)[CH-]C1.[2H]c1c(C([2H])([2H])[2H])cnc(-c2[c-]ccc3c2oc2ccccc23)c1[2H].[Ir]. The predicted octanol–water partition coefficient (Wildman–Crippen LogP) is 8.08. The summed E-state index contributed by atoms with van der Waals surface area (Å²) in [4.78, 5) is 8.54. The molecular formula is C31H26IrN2O-2. The van der Waals surface area contributed by atoms with Crippen LogP contribution in [0.25, 0.3) is 38.8 Å². The first-order chi connectivity index (χ1) is 18.6. The molecule has 177 valence electrons. The van der Waals surface area contributed by atoms with Gasteiger partial charge in [-0.1, -0.05) is 65.4 Å². The molecule has 4 heteroatoms. The maximum atomic E-state index is 8.20. The molecule has 2 aromatic carbocycles. The number of para-hydroxylation sites is 1. The first kappa shape index (κ1) is 18.8. The number of nitrogens with zero attached hydrogens (tertiary/aromatic N) is 2. The smallest absolute Gasteiger partial charge is 0.120 e. The van der Waals surface area contributed by atoms with Crippen molar-refractivity contribution in [1.82, 2.24) is 9.97 Å². The molecule has 3 heterocycles. The summed E-state index contributed by atoms with van der Waals surface area (Å²) >= 11 is 0. The molecule has 0 N–H and O–H groups in total. The van der Waals surface area contributed by atoms with Crippen molar-refractivity contribution in [3.05, 3.63) is 120 Å². The van der Waals surface area contributed by atoms with Gasteiger partial charge in [0.1, 0.15) is 5.58 Å². The molecule has 5 aromatic rings. The minimum absolute atomic E-state index is 0. The predicted molar refractivity (Wildman–Crippen MR) is 140 cm³/mol. The van der Waals surface area contributed by atoms with Gasteiger partial charge in [-0.2, -0.15) is 18.1 Å². The molecular weight excluding hydrogens is 609 g/mol. The van der Waals surface area contributed by atoms with Crippen molar-refractivity contribution in [3.63, 3.8) is 0 Å². The number of pyridine rings is 2. The van der Waals surface area contributed by atoms with Gasteiger partial charge in [0.2, 0.25) is 0 Å². The third-order valence-corrected chi connectivity index (χ3v) is 5.61. The van der Waals surface area contributed by atoms with Gasteiger partial charge in [-0.3, -0.25) is 0 Å². The number of hydrogen-bond acceptors (Lipinski definition) is 3. The van der Waals surface area contributed by atoms with E-state index in [4.69, 9.17) is 11.3 Å². The van der Waals surface area contributed by atoms with Gasteiger partial charge in [-0.05, 0) is 49.3 Å². The van der Waals surface area contributed by atoms with E-state index in [-0.39, 0.29) is 43.4 Å². The Balaban J connectivity index is 0.000000210. The van der Waals surface area contributed by atoms with Crippen LogP contribution in [0.1, 0.15) is 37.0 Å². The van der Waals surface area contributed by atoms with Crippen LogP contribution in [-0.4, -0.2) is 9.97 Å². The number of benzene rings is 2. The number of fused-ring (bicyclic) bond motifs is 3. The van der Waals surface area contributed by atoms with Crippen LogP contribution in [0.5, 0.6) is 0 Å². The van der Waals surface area contributed by atoms with Crippen LogP contribution in [0.2, 0.25) is 0 Å². The maximum absolute atomic E-state index is 8.20. The maximum Gasteiger partial charge on any atom is 0.120 e. The van der Waals surface area contributed by atoms with E-state index in [1.54, 1.807) is 6.07 Å². The first-order valence-corrected chi connectivity index (χ1v) is 11.1. The molecule has 0 unspecified atom stereocenters. The number of aryl methyl sites for hydroxylation is 2. The average molecular weight is 640 g/mol. The molecule has 6 rings (SSSR count). The van der Waals surface area contributed by atoms with Crippen LogP contribution in [0.15, 0.2) is 95.2 Å². The summed E-state index contributed by atoms with van der Waals surface area (Å²) in [7, 11) is 0. The van der Waals surface area contributed by atoms with Gasteiger partial charge in [-0.25, -0.2) is 0 Å². The molecule has 0 atom stereocenters. The summed E-state index contributed by atoms with van der Waals surface area (Å²) in [5, 5.41) is 1.79.